The maximum Gasteiger partial charge on any atom is 0.436 e. The van der Waals surface area contributed by atoms with Crippen molar-refractivity contribution < 1.29 is 26.7 Å². The molecule has 2 atom stereocenters. The Labute approximate surface area is 172 Å². The number of alkyl halides is 3. The van der Waals surface area contributed by atoms with Gasteiger partial charge in [-0.3, -0.25) is 4.99 Å². The molecule has 2 aromatic rings. The molecule has 0 aliphatic carbocycles. The number of nitrogens with zero attached hydrogens (tertiary/aromatic N) is 4. The Kier molecular flexibility index (Phi) is 4.99. The molecule has 0 bridgehead atoms. The fourth-order valence-corrected chi connectivity index (χ4v) is 5.15. The predicted octanol–water partition coefficient (Wildman–Crippen LogP) is 3.18. The minimum atomic E-state index is -5.03. The number of fused-ring (bicyclic) bond motifs is 1. The Bertz CT molecular complexity index is 1020. The first kappa shape index (κ1) is 20.6. The highest BCUT2D eigenvalue weighted by Crippen LogP contribution is 2.51. The number of thioether (sulfide) groups is 1. The highest BCUT2D eigenvalue weighted by Gasteiger charge is 2.53. The molecule has 2 aliphatic rings. The molecule has 2 aliphatic heterocycles. The van der Waals surface area contributed by atoms with E-state index in [-0.39, 0.29) is 36.7 Å². The van der Waals surface area contributed by atoms with Crippen LogP contribution in [-0.4, -0.2) is 41.9 Å². The molecule has 30 heavy (non-hydrogen) atoms. The molecular formula is C18H16F5N5OS. The van der Waals surface area contributed by atoms with Gasteiger partial charge in [0.1, 0.15) is 5.82 Å². The van der Waals surface area contributed by atoms with Crippen LogP contribution in [-0.2, 0) is 10.9 Å². The van der Waals surface area contributed by atoms with Gasteiger partial charge in [0, 0.05) is 31.1 Å². The molecular weight excluding hydrogens is 429 g/mol. The number of aliphatic imine (C=N–C) groups is 1. The van der Waals surface area contributed by atoms with Crippen molar-refractivity contribution in [2.75, 3.05) is 31.6 Å². The minimum absolute atomic E-state index is 0.0611. The van der Waals surface area contributed by atoms with E-state index in [0.29, 0.717) is 5.56 Å². The smallest absolute Gasteiger partial charge is 0.436 e. The Morgan fingerprint density at radius 1 is 1.23 bits per heavy atom. The lowest BCUT2D eigenvalue weighted by molar-refractivity contribution is -0.143. The molecule has 3 heterocycles. The van der Waals surface area contributed by atoms with Crippen LogP contribution in [0.15, 0.2) is 29.3 Å². The number of hydrogen-bond acceptors (Lipinski definition) is 7. The molecule has 160 valence electrons. The number of rotatable bonds is 3. The number of hydrogen-bond donors (Lipinski definition) is 1. The maximum absolute atomic E-state index is 14.7. The average molecular weight is 445 g/mol. The molecule has 1 saturated heterocycles. The summed E-state index contributed by atoms with van der Waals surface area (Å²) in [5, 5.41) is 0.255. The molecule has 1 aromatic heterocycles. The van der Waals surface area contributed by atoms with Crippen LogP contribution in [0.5, 0.6) is 5.88 Å². The van der Waals surface area contributed by atoms with Crippen LogP contribution in [0, 0.1) is 17.6 Å². The van der Waals surface area contributed by atoms with E-state index in [0.717, 1.165) is 18.9 Å². The Balaban J connectivity index is 1.80. The van der Waals surface area contributed by atoms with Crippen molar-refractivity contribution in [1.82, 2.24) is 9.97 Å². The number of aromatic nitrogens is 2. The fourth-order valence-electron chi connectivity index (χ4n) is 3.83. The number of ether oxygens (including phenoxy) is 1. The predicted molar refractivity (Wildman–Crippen MR) is 101 cm³/mol. The van der Waals surface area contributed by atoms with E-state index in [1.54, 1.807) is 18.2 Å². The second kappa shape index (κ2) is 7.25. The summed E-state index contributed by atoms with van der Waals surface area (Å²) in [6, 6.07) is 6.15. The Morgan fingerprint density at radius 2 is 1.97 bits per heavy atom. The summed E-state index contributed by atoms with van der Waals surface area (Å²) in [5.41, 5.74) is 4.56. The highest BCUT2D eigenvalue weighted by atomic mass is 32.2. The lowest BCUT2D eigenvalue weighted by Crippen LogP contribution is -2.40. The van der Waals surface area contributed by atoms with Crippen LogP contribution in [0.3, 0.4) is 0 Å². The normalized spacial score (nSPS) is 23.9. The molecule has 1 fully saturated rings. The van der Waals surface area contributed by atoms with Gasteiger partial charge >= 0.3 is 6.18 Å². The highest BCUT2D eigenvalue weighted by molar-refractivity contribution is 8.14. The second-order valence-corrected chi connectivity index (χ2v) is 8.27. The van der Waals surface area contributed by atoms with Crippen LogP contribution in [0.1, 0.15) is 11.3 Å². The molecule has 4 rings (SSSR count). The summed E-state index contributed by atoms with van der Waals surface area (Å²) in [7, 11) is 1.02. The van der Waals surface area contributed by atoms with Crippen LogP contribution in [0.25, 0.3) is 0 Å². The number of methoxy groups -OCH3 is 1. The zero-order chi connectivity index (χ0) is 21.7. The van der Waals surface area contributed by atoms with E-state index in [1.807, 2.05) is 0 Å². The van der Waals surface area contributed by atoms with Gasteiger partial charge in [-0.25, -0.2) is 9.37 Å². The van der Waals surface area contributed by atoms with Gasteiger partial charge < -0.3 is 15.4 Å². The van der Waals surface area contributed by atoms with Gasteiger partial charge in [-0.1, -0.05) is 30.0 Å². The van der Waals surface area contributed by atoms with Gasteiger partial charge in [0.25, 0.3) is 5.88 Å². The van der Waals surface area contributed by atoms with Crippen molar-refractivity contribution in [3.63, 3.8) is 0 Å². The van der Waals surface area contributed by atoms with Crippen molar-refractivity contribution in [1.29, 1.82) is 0 Å². The second-order valence-electron chi connectivity index (χ2n) is 6.92. The summed E-state index contributed by atoms with van der Waals surface area (Å²) < 4.78 is 72.4. The van der Waals surface area contributed by atoms with Crippen molar-refractivity contribution in [2.24, 2.45) is 16.6 Å². The van der Waals surface area contributed by atoms with E-state index in [1.165, 1.54) is 11.0 Å². The zero-order valence-electron chi connectivity index (χ0n) is 15.6. The fraction of sp³-hybridized carbons (Fsp3) is 0.389. The van der Waals surface area contributed by atoms with E-state index < -0.39 is 34.1 Å². The van der Waals surface area contributed by atoms with Gasteiger partial charge in [-0.15, -0.1) is 0 Å². The standard InChI is InChI=1S/C18H16F5N5OS/c1-29-14-12(20)13(18(21,22)23)26-16(27-14)28-7-9-6-25-15(24)30-17(9,8-28)10-4-2-3-5-11(10)19/h2-5,9H,6-8H2,1H3,(H2,24,25)/t9-,17-/m0/s1. The number of nitrogens with two attached hydrogens (primary N) is 1. The van der Waals surface area contributed by atoms with Crippen LogP contribution in [0.4, 0.5) is 27.9 Å². The van der Waals surface area contributed by atoms with Crippen molar-refractivity contribution >= 4 is 22.9 Å². The first-order chi connectivity index (χ1) is 14.2. The van der Waals surface area contributed by atoms with Gasteiger partial charge in [0.05, 0.1) is 11.9 Å². The Morgan fingerprint density at radius 3 is 2.63 bits per heavy atom. The van der Waals surface area contributed by atoms with Crippen LogP contribution in [0.2, 0.25) is 0 Å². The van der Waals surface area contributed by atoms with Crippen molar-refractivity contribution in [3.8, 4) is 5.88 Å². The third-order valence-electron chi connectivity index (χ3n) is 5.16. The summed E-state index contributed by atoms with van der Waals surface area (Å²) in [6.45, 7) is 0.504. The summed E-state index contributed by atoms with van der Waals surface area (Å²) in [4.78, 5) is 12.9. The molecule has 0 unspecified atom stereocenters. The van der Waals surface area contributed by atoms with Crippen molar-refractivity contribution in [3.05, 3.63) is 47.2 Å². The summed E-state index contributed by atoms with van der Waals surface area (Å²) in [5.74, 6) is -3.59. The molecule has 1 aromatic carbocycles. The van der Waals surface area contributed by atoms with Crippen molar-refractivity contribution in [2.45, 2.75) is 10.9 Å². The van der Waals surface area contributed by atoms with Gasteiger partial charge in [-0.2, -0.15) is 22.5 Å². The first-order valence-electron chi connectivity index (χ1n) is 8.83. The first-order valence-corrected chi connectivity index (χ1v) is 9.65. The topological polar surface area (TPSA) is 76.6 Å². The Hall–Kier alpha value is -2.63. The maximum atomic E-state index is 14.7. The largest absolute Gasteiger partial charge is 0.479 e. The number of anilines is 1. The number of benzene rings is 1. The van der Waals surface area contributed by atoms with Crippen LogP contribution >= 0.6 is 11.8 Å². The third-order valence-corrected chi connectivity index (χ3v) is 6.55. The number of amidine groups is 1. The average Bonchev–Trinajstić information content (AvgIpc) is 3.07. The van der Waals surface area contributed by atoms with E-state index in [9.17, 15) is 22.0 Å². The molecule has 0 radical (unpaired) electrons. The third kappa shape index (κ3) is 3.32. The number of halogens is 5. The molecule has 0 spiro atoms. The van der Waals surface area contributed by atoms with Gasteiger partial charge in [0.15, 0.2) is 10.9 Å². The zero-order valence-corrected chi connectivity index (χ0v) is 16.4. The molecule has 2 N–H and O–H groups in total. The molecule has 12 heteroatoms. The van der Waals surface area contributed by atoms with E-state index in [4.69, 9.17) is 5.73 Å². The molecule has 0 amide bonds. The molecule has 0 saturated carbocycles. The molecule has 6 nitrogen and oxygen atoms in total. The summed E-state index contributed by atoms with van der Waals surface area (Å²) in [6.07, 6.45) is -5.03. The van der Waals surface area contributed by atoms with E-state index >= 15 is 0 Å². The lowest BCUT2D eigenvalue weighted by Gasteiger charge is -2.36. The van der Waals surface area contributed by atoms with Gasteiger partial charge in [0.2, 0.25) is 11.8 Å². The van der Waals surface area contributed by atoms with Crippen LogP contribution < -0.4 is 15.4 Å². The summed E-state index contributed by atoms with van der Waals surface area (Å²) >= 11 is 1.16. The lowest BCUT2D eigenvalue weighted by atomic mass is 9.87. The van der Waals surface area contributed by atoms with Gasteiger partial charge in [-0.05, 0) is 6.07 Å². The quantitative estimate of drug-likeness (QED) is 0.732. The minimum Gasteiger partial charge on any atom is -0.479 e. The monoisotopic (exact) mass is 445 g/mol. The van der Waals surface area contributed by atoms with E-state index in [2.05, 4.69) is 19.7 Å². The SMILES string of the molecule is COc1nc(N2C[C@@H]3CN=C(N)S[C@@]3(c3ccccc3F)C2)nc(C(F)(F)F)c1F.